The molecule has 2 rings (SSSR count). The van der Waals surface area contributed by atoms with Crippen LogP contribution in [0.15, 0.2) is 30.7 Å². The van der Waals surface area contributed by atoms with Crippen molar-refractivity contribution in [2.45, 2.75) is 12.8 Å². The molecule has 0 saturated carbocycles. The number of H-pyrrole nitrogens is 1. The first-order valence-corrected chi connectivity index (χ1v) is 5.29. The van der Waals surface area contributed by atoms with Crippen LogP contribution in [0.4, 0.5) is 11.5 Å². The summed E-state index contributed by atoms with van der Waals surface area (Å²) in [5.41, 5.74) is 6.60. The van der Waals surface area contributed by atoms with Crippen LogP contribution in [-0.4, -0.2) is 21.5 Å². The lowest BCUT2D eigenvalue weighted by atomic mass is 10.3. The molecule has 0 bridgehead atoms. The molecule has 0 unspecified atom stereocenters. The summed E-state index contributed by atoms with van der Waals surface area (Å²) in [4.78, 5) is 11.2. The van der Waals surface area contributed by atoms with Gasteiger partial charge in [0, 0.05) is 31.6 Å². The van der Waals surface area contributed by atoms with Crippen LogP contribution in [-0.2, 0) is 6.42 Å². The molecule has 5 heteroatoms. The molecule has 0 spiro atoms. The SMILES string of the molecule is Nc1ncccc1NCCCc1ncc[nH]1. The third kappa shape index (κ3) is 2.73. The van der Waals surface area contributed by atoms with Crippen LogP contribution in [0.3, 0.4) is 0 Å². The van der Waals surface area contributed by atoms with Crippen LogP contribution in [0.25, 0.3) is 0 Å². The molecule has 0 atom stereocenters. The molecule has 4 N–H and O–H groups in total. The molecular formula is C11H15N5. The molecule has 2 aromatic heterocycles. The maximum absolute atomic E-state index is 5.71. The van der Waals surface area contributed by atoms with Crippen molar-refractivity contribution in [3.05, 3.63) is 36.5 Å². The minimum atomic E-state index is 0.542. The minimum Gasteiger partial charge on any atom is -0.382 e. The minimum absolute atomic E-state index is 0.542. The summed E-state index contributed by atoms with van der Waals surface area (Å²) in [6.07, 6.45) is 7.22. The molecule has 0 aromatic carbocycles. The number of aromatic amines is 1. The number of aryl methyl sites for hydroxylation is 1. The zero-order valence-corrected chi connectivity index (χ0v) is 8.98. The monoisotopic (exact) mass is 217 g/mol. The smallest absolute Gasteiger partial charge is 0.146 e. The number of hydrogen-bond acceptors (Lipinski definition) is 4. The van der Waals surface area contributed by atoms with Crippen LogP contribution in [0, 0.1) is 0 Å². The Labute approximate surface area is 94.1 Å². The van der Waals surface area contributed by atoms with Gasteiger partial charge < -0.3 is 16.0 Å². The van der Waals surface area contributed by atoms with Gasteiger partial charge in [0.1, 0.15) is 11.6 Å². The van der Waals surface area contributed by atoms with Crippen molar-refractivity contribution in [2.75, 3.05) is 17.6 Å². The van der Waals surface area contributed by atoms with E-state index in [1.165, 1.54) is 0 Å². The van der Waals surface area contributed by atoms with E-state index in [9.17, 15) is 0 Å². The molecule has 0 saturated heterocycles. The number of aromatic nitrogens is 3. The molecule has 2 heterocycles. The highest BCUT2D eigenvalue weighted by Gasteiger charge is 1.98. The first-order valence-electron chi connectivity index (χ1n) is 5.29. The number of pyridine rings is 1. The van der Waals surface area contributed by atoms with Gasteiger partial charge in [-0.15, -0.1) is 0 Å². The van der Waals surface area contributed by atoms with E-state index < -0.39 is 0 Å². The Morgan fingerprint density at radius 1 is 1.31 bits per heavy atom. The van der Waals surface area contributed by atoms with Crippen molar-refractivity contribution < 1.29 is 0 Å². The largest absolute Gasteiger partial charge is 0.382 e. The summed E-state index contributed by atoms with van der Waals surface area (Å²) in [5.74, 6) is 1.56. The number of nitrogen functional groups attached to an aromatic ring is 1. The predicted molar refractivity (Wildman–Crippen MR) is 64.0 cm³/mol. The van der Waals surface area contributed by atoms with Crippen molar-refractivity contribution in [1.29, 1.82) is 0 Å². The van der Waals surface area contributed by atoms with Gasteiger partial charge in [-0.05, 0) is 18.6 Å². The standard InChI is InChI=1S/C11H15N5/c12-11-9(3-1-6-16-11)13-5-2-4-10-14-7-8-15-10/h1,3,6-8,13H,2,4-5H2,(H2,12,16)(H,14,15). The Morgan fingerprint density at radius 2 is 2.25 bits per heavy atom. The molecule has 16 heavy (non-hydrogen) atoms. The van der Waals surface area contributed by atoms with Gasteiger partial charge in [0.05, 0.1) is 5.69 Å². The van der Waals surface area contributed by atoms with Gasteiger partial charge in [-0.1, -0.05) is 0 Å². The Balaban J connectivity index is 1.74. The zero-order chi connectivity index (χ0) is 11.2. The van der Waals surface area contributed by atoms with Gasteiger partial charge >= 0.3 is 0 Å². The van der Waals surface area contributed by atoms with Crippen LogP contribution in [0.5, 0.6) is 0 Å². The van der Waals surface area contributed by atoms with E-state index in [1.807, 2.05) is 18.3 Å². The van der Waals surface area contributed by atoms with E-state index in [0.717, 1.165) is 30.9 Å². The van der Waals surface area contributed by atoms with Gasteiger partial charge in [-0.3, -0.25) is 0 Å². The Morgan fingerprint density at radius 3 is 3.00 bits per heavy atom. The highest BCUT2D eigenvalue weighted by Crippen LogP contribution is 2.13. The molecule has 0 aliphatic carbocycles. The summed E-state index contributed by atoms with van der Waals surface area (Å²) in [7, 11) is 0. The average molecular weight is 217 g/mol. The molecular weight excluding hydrogens is 202 g/mol. The average Bonchev–Trinajstić information content (AvgIpc) is 2.79. The molecule has 0 radical (unpaired) electrons. The van der Waals surface area contributed by atoms with Gasteiger partial charge in [0.2, 0.25) is 0 Å². The summed E-state index contributed by atoms with van der Waals surface area (Å²) < 4.78 is 0. The summed E-state index contributed by atoms with van der Waals surface area (Å²) in [6, 6.07) is 3.79. The van der Waals surface area contributed by atoms with Crippen molar-refractivity contribution in [2.24, 2.45) is 0 Å². The number of nitrogens with one attached hydrogen (secondary N) is 2. The number of nitrogens with zero attached hydrogens (tertiary/aromatic N) is 2. The number of imidazole rings is 1. The highest BCUT2D eigenvalue weighted by atomic mass is 14.9. The van der Waals surface area contributed by atoms with Gasteiger partial charge in [0.15, 0.2) is 0 Å². The lowest BCUT2D eigenvalue weighted by Crippen LogP contribution is -2.06. The molecule has 2 aromatic rings. The second kappa shape index (κ2) is 5.16. The van der Waals surface area contributed by atoms with Crippen molar-refractivity contribution in [3.63, 3.8) is 0 Å². The van der Waals surface area contributed by atoms with Crippen LogP contribution >= 0.6 is 0 Å². The van der Waals surface area contributed by atoms with Crippen LogP contribution < -0.4 is 11.1 Å². The quantitative estimate of drug-likeness (QED) is 0.662. The normalized spacial score (nSPS) is 10.2. The third-order valence-corrected chi connectivity index (χ3v) is 2.30. The molecule has 0 aliphatic rings. The summed E-state index contributed by atoms with van der Waals surface area (Å²) in [6.45, 7) is 0.858. The molecule has 84 valence electrons. The van der Waals surface area contributed by atoms with Gasteiger partial charge in [0.25, 0.3) is 0 Å². The van der Waals surface area contributed by atoms with E-state index in [4.69, 9.17) is 5.73 Å². The van der Waals surface area contributed by atoms with Crippen LogP contribution in [0.2, 0.25) is 0 Å². The number of nitrogens with two attached hydrogens (primary N) is 1. The van der Waals surface area contributed by atoms with Crippen molar-refractivity contribution >= 4 is 11.5 Å². The first kappa shape index (κ1) is 10.5. The lowest BCUT2D eigenvalue weighted by molar-refractivity contribution is 0.816. The predicted octanol–water partition coefficient (Wildman–Crippen LogP) is 1.43. The molecule has 0 amide bonds. The van der Waals surface area contributed by atoms with Gasteiger partial charge in [-0.2, -0.15) is 0 Å². The number of anilines is 2. The maximum atomic E-state index is 5.71. The topological polar surface area (TPSA) is 79.6 Å². The highest BCUT2D eigenvalue weighted by molar-refractivity contribution is 5.60. The number of hydrogen-bond donors (Lipinski definition) is 3. The fourth-order valence-electron chi connectivity index (χ4n) is 1.48. The second-order valence-electron chi connectivity index (χ2n) is 3.50. The summed E-state index contributed by atoms with van der Waals surface area (Å²) in [5, 5.41) is 3.25. The first-order chi connectivity index (χ1) is 7.86. The van der Waals surface area contributed by atoms with E-state index in [-0.39, 0.29) is 0 Å². The van der Waals surface area contributed by atoms with E-state index >= 15 is 0 Å². The Hall–Kier alpha value is -2.04. The second-order valence-corrected chi connectivity index (χ2v) is 3.50. The fraction of sp³-hybridized carbons (Fsp3) is 0.273. The zero-order valence-electron chi connectivity index (χ0n) is 8.98. The Bertz CT molecular complexity index is 424. The molecule has 0 fully saturated rings. The maximum Gasteiger partial charge on any atom is 0.146 e. The van der Waals surface area contributed by atoms with Gasteiger partial charge in [-0.25, -0.2) is 9.97 Å². The van der Waals surface area contributed by atoms with Crippen molar-refractivity contribution in [3.8, 4) is 0 Å². The fourth-order valence-corrected chi connectivity index (χ4v) is 1.48. The molecule has 0 aliphatic heterocycles. The third-order valence-electron chi connectivity index (χ3n) is 2.30. The lowest BCUT2D eigenvalue weighted by Gasteiger charge is -2.07. The van der Waals surface area contributed by atoms with E-state index in [0.29, 0.717) is 5.82 Å². The summed E-state index contributed by atoms with van der Waals surface area (Å²) >= 11 is 0. The van der Waals surface area contributed by atoms with Crippen LogP contribution in [0.1, 0.15) is 12.2 Å². The van der Waals surface area contributed by atoms with Crippen molar-refractivity contribution in [1.82, 2.24) is 15.0 Å². The Kier molecular flexibility index (Phi) is 3.38. The number of rotatable bonds is 5. The van der Waals surface area contributed by atoms with E-state index in [1.54, 1.807) is 12.4 Å². The van der Waals surface area contributed by atoms with E-state index in [2.05, 4.69) is 20.3 Å². The molecule has 5 nitrogen and oxygen atoms in total.